The van der Waals surface area contributed by atoms with E-state index in [4.69, 9.17) is 14.9 Å². The molecule has 0 unspecified atom stereocenters. The monoisotopic (exact) mass is 342 g/mol. The largest absolute Gasteiger partial charge is 0.484 e. The Morgan fingerprint density at radius 2 is 2.04 bits per heavy atom. The van der Waals surface area contributed by atoms with Gasteiger partial charge in [-0.2, -0.15) is 0 Å². The maximum absolute atomic E-state index is 13.4. The Morgan fingerprint density at radius 1 is 1.24 bits per heavy atom. The number of aryl methyl sites for hydroxylation is 1. The van der Waals surface area contributed by atoms with Gasteiger partial charge >= 0.3 is 0 Å². The van der Waals surface area contributed by atoms with Gasteiger partial charge in [0.15, 0.2) is 12.4 Å². The van der Waals surface area contributed by atoms with E-state index in [1.165, 1.54) is 18.2 Å². The molecule has 0 atom stereocenters. The number of carbonyl (C=O) groups is 2. The average molecular weight is 342 g/mol. The molecule has 0 radical (unpaired) electrons. The second-order valence-electron chi connectivity index (χ2n) is 5.43. The van der Waals surface area contributed by atoms with Gasteiger partial charge in [-0.05, 0) is 37.3 Å². The molecule has 0 bridgehead atoms. The van der Waals surface area contributed by atoms with Crippen LogP contribution in [-0.2, 0) is 4.79 Å². The van der Waals surface area contributed by atoms with Crippen LogP contribution in [0.5, 0.6) is 5.75 Å². The van der Waals surface area contributed by atoms with Crippen LogP contribution in [0.3, 0.4) is 0 Å². The van der Waals surface area contributed by atoms with Crippen LogP contribution >= 0.6 is 0 Å². The van der Waals surface area contributed by atoms with Gasteiger partial charge in [0.1, 0.15) is 17.1 Å². The Bertz CT molecular complexity index is 965. The highest BCUT2D eigenvalue weighted by atomic mass is 19.1. The first kappa shape index (κ1) is 16.5. The van der Waals surface area contributed by atoms with E-state index in [-0.39, 0.29) is 12.4 Å². The molecule has 2 aromatic carbocycles. The van der Waals surface area contributed by atoms with E-state index >= 15 is 0 Å². The van der Waals surface area contributed by atoms with Crippen molar-refractivity contribution in [1.29, 1.82) is 0 Å². The van der Waals surface area contributed by atoms with Gasteiger partial charge in [0.25, 0.3) is 11.8 Å². The predicted octanol–water partition coefficient (Wildman–Crippen LogP) is 3.00. The number of ether oxygens (including phenoxy) is 1. The second kappa shape index (κ2) is 6.64. The lowest BCUT2D eigenvalue weighted by Crippen LogP contribution is -2.20. The first-order valence-electron chi connectivity index (χ1n) is 7.45. The number of nitrogens with two attached hydrogens (primary N) is 1. The zero-order valence-electron chi connectivity index (χ0n) is 13.3. The molecule has 1 heterocycles. The molecule has 0 aliphatic heterocycles. The maximum atomic E-state index is 13.4. The minimum atomic E-state index is -0.598. The molecule has 0 fully saturated rings. The van der Waals surface area contributed by atoms with Crippen LogP contribution in [0.25, 0.3) is 11.0 Å². The molecule has 0 saturated heterocycles. The normalized spacial score (nSPS) is 10.6. The van der Waals surface area contributed by atoms with Gasteiger partial charge in [-0.25, -0.2) is 4.39 Å². The number of carbonyl (C=O) groups excluding carboxylic acids is 2. The third kappa shape index (κ3) is 3.60. The number of hydrogen-bond acceptors (Lipinski definition) is 4. The minimum Gasteiger partial charge on any atom is -0.484 e. The minimum absolute atomic E-state index is 0.101. The molecule has 2 amide bonds. The lowest BCUT2D eigenvalue weighted by atomic mass is 10.1. The molecule has 3 aromatic rings. The maximum Gasteiger partial charge on any atom is 0.291 e. The number of amides is 2. The van der Waals surface area contributed by atoms with Gasteiger partial charge in [-0.3, -0.25) is 9.59 Å². The van der Waals surface area contributed by atoms with E-state index in [2.05, 4.69) is 5.32 Å². The summed E-state index contributed by atoms with van der Waals surface area (Å²) in [6.45, 7) is 1.43. The molecule has 0 spiro atoms. The highest BCUT2D eigenvalue weighted by Gasteiger charge is 2.18. The molecule has 128 valence electrons. The number of furan rings is 1. The van der Waals surface area contributed by atoms with E-state index in [0.717, 1.165) is 0 Å². The number of halogens is 1. The van der Waals surface area contributed by atoms with Crippen molar-refractivity contribution < 1.29 is 23.1 Å². The number of primary amides is 1. The third-order valence-electron chi connectivity index (χ3n) is 3.58. The fourth-order valence-electron chi connectivity index (χ4n) is 2.42. The highest BCUT2D eigenvalue weighted by Crippen LogP contribution is 2.27. The standard InChI is InChI=1S/C18H15FN2O4/c1-10-14-7-11(19)5-6-15(14)25-17(10)18(23)21-12-3-2-4-13(8-12)24-9-16(20)22/h2-8H,9H2,1H3,(H2,20,22)(H,21,23). The third-order valence-corrected chi connectivity index (χ3v) is 3.58. The van der Waals surface area contributed by atoms with Crippen molar-refractivity contribution in [1.82, 2.24) is 0 Å². The molecule has 0 saturated carbocycles. The predicted molar refractivity (Wildman–Crippen MR) is 90.0 cm³/mol. The zero-order chi connectivity index (χ0) is 18.0. The summed E-state index contributed by atoms with van der Waals surface area (Å²) in [5.41, 5.74) is 6.47. The fraction of sp³-hybridized carbons (Fsp3) is 0.111. The number of hydrogen-bond donors (Lipinski definition) is 2. The summed E-state index contributed by atoms with van der Waals surface area (Å²) in [6, 6.07) is 10.6. The molecular weight excluding hydrogens is 327 g/mol. The smallest absolute Gasteiger partial charge is 0.291 e. The lowest BCUT2D eigenvalue weighted by Gasteiger charge is -2.07. The number of fused-ring (bicyclic) bond motifs is 1. The van der Waals surface area contributed by atoms with Crippen molar-refractivity contribution in [2.24, 2.45) is 5.73 Å². The fourth-order valence-corrected chi connectivity index (χ4v) is 2.42. The molecule has 7 heteroatoms. The topological polar surface area (TPSA) is 94.6 Å². The number of benzene rings is 2. The van der Waals surface area contributed by atoms with Crippen LogP contribution in [0.1, 0.15) is 16.1 Å². The number of nitrogens with one attached hydrogen (secondary N) is 1. The molecule has 1 aromatic heterocycles. The van der Waals surface area contributed by atoms with Crippen LogP contribution in [0.4, 0.5) is 10.1 Å². The van der Waals surface area contributed by atoms with Crippen molar-refractivity contribution in [2.45, 2.75) is 6.92 Å². The van der Waals surface area contributed by atoms with Crippen molar-refractivity contribution in [2.75, 3.05) is 11.9 Å². The Kier molecular flexibility index (Phi) is 4.38. The van der Waals surface area contributed by atoms with Crippen molar-refractivity contribution in [3.8, 4) is 5.75 Å². The molecule has 3 N–H and O–H groups in total. The van der Waals surface area contributed by atoms with E-state index in [0.29, 0.717) is 28.0 Å². The van der Waals surface area contributed by atoms with Gasteiger partial charge < -0.3 is 20.2 Å². The average Bonchev–Trinajstić information content (AvgIpc) is 2.90. The van der Waals surface area contributed by atoms with E-state index in [1.807, 2.05) is 0 Å². The van der Waals surface area contributed by atoms with Crippen molar-refractivity contribution >= 4 is 28.5 Å². The van der Waals surface area contributed by atoms with Crippen LogP contribution in [0, 0.1) is 12.7 Å². The first-order chi connectivity index (χ1) is 11.9. The Balaban J connectivity index is 1.82. The summed E-state index contributed by atoms with van der Waals surface area (Å²) < 4.78 is 24.1. The van der Waals surface area contributed by atoms with Gasteiger partial charge in [-0.15, -0.1) is 0 Å². The van der Waals surface area contributed by atoms with Crippen molar-refractivity contribution in [3.63, 3.8) is 0 Å². The summed E-state index contributed by atoms with van der Waals surface area (Å²) in [6.07, 6.45) is 0. The summed E-state index contributed by atoms with van der Waals surface area (Å²) in [7, 11) is 0. The number of rotatable bonds is 5. The van der Waals surface area contributed by atoms with Crippen LogP contribution in [0.15, 0.2) is 46.9 Å². The highest BCUT2D eigenvalue weighted by molar-refractivity contribution is 6.06. The van der Waals surface area contributed by atoms with Gasteiger partial charge in [0.05, 0.1) is 0 Å². The zero-order valence-corrected chi connectivity index (χ0v) is 13.3. The summed E-state index contributed by atoms with van der Waals surface area (Å²) in [5.74, 6) is -0.979. The molecule has 3 rings (SSSR count). The van der Waals surface area contributed by atoms with Crippen LogP contribution in [-0.4, -0.2) is 18.4 Å². The van der Waals surface area contributed by atoms with Crippen LogP contribution < -0.4 is 15.8 Å². The summed E-state index contributed by atoms with van der Waals surface area (Å²) in [5, 5.41) is 3.23. The Hall–Kier alpha value is -3.35. The summed E-state index contributed by atoms with van der Waals surface area (Å²) >= 11 is 0. The quantitative estimate of drug-likeness (QED) is 0.745. The number of anilines is 1. The van der Waals surface area contributed by atoms with E-state index < -0.39 is 17.6 Å². The first-order valence-corrected chi connectivity index (χ1v) is 7.45. The Morgan fingerprint density at radius 3 is 2.80 bits per heavy atom. The second-order valence-corrected chi connectivity index (χ2v) is 5.43. The van der Waals surface area contributed by atoms with E-state index in [9.17, 15) is 14.0 Å². The van der Waals surface area contributed by atoms with E-state index in [1.54, 1.807) is 31.2 Å². The lowest BCUT2D eigenvalue weighted by molar-refractivity contribution is -0.119. The molecule has 25 heavy (non-hydrogen) atoms. The van der Waals surface area contributed by atoms with Gasteiger partial charge in [0, 0.05) is 22.7 Å². The summed E-state index contributed by atoms with van der Waals surface area (Å²) in [4.78, 5) is 23.2. The Labute approximate surface area is 142 Å². The molecular formula is C18H15FN2O4. The molecule has 0 aliphatic rings. The van der Waals surface area contributed by atoms with Crippen LogP contribution in [0.2, 0.25) is 0 Å². The molecule has 6 nitrogen and oxygen atoms in total. The molecule has 0 aliphatic carbocycles. The van der Waals surface area contributed by atoms with Gasteiger partial charge in [0.2, 0.25) is 0 Å². The SMILES string of the molecule is Cc1c(C(=O)Nc2cccc(OCC(N)=O)c2)oc2ccc(F)cc12. The van der Waals surface area contributed by atoms with Crippen molar-refractivity contribution in [3.05, 3.63) is 59.6 Å². The van der Waals surface area contributed by atoms with Gasteiger partial charge in [-0.1, -0.05) is 6.07 Å².